The van der Waals surface area contributed by atoms with E-state index in [1.165, 1.54) is 10.1 Å². The summed E-state index contributed by atoms with van der Waals surface area (Å²) in [5.41, 5.74) is 0.973. The fourth-order valence-electron chi connectivity index (χ4n) is 7.63. The number of carboxylic acid groups (broad SMARTS) is 4. The van der Waals surface area contributed by atoms with E-state index in [4.69, 9.17) is 10.2 Å². The number of hydroxylamine groups is 4. The molecule has 0 amide bonds. The highest BCUT2D eigenvalue weighted by Gasteiger charge is 2.47. The van der Waals surface area contributed by atoms with Gasteiger partial charge in [-0.3, -0.25) is 9.59 Å². The van der Waals surface area contributed by atoms with Gasteiger partial charge in [0.05, 0.1) is 11.1 Å². The lowest BCUT2D eigenvalue weighted by Gasteiger charge is -2.51. The van der Waals surface area contributed by atoms with E-state index in [0.29, 0.717) is 24.0 Å². The number of hydrogen-bond acceptors (Lipinski definition) is 8. The van der Waals surface area contributed by atoms with Gasteiger partial charge in [0.15, 0.2) is 0 Å². The summed E-state index contributed by atoms with van der Waals surface area (Å²) in [6, 6.07) is 14.4. The maximum absolute atomic E-state index is 11.4. The fraction of sp³-hybridized carbons (Fsp3) is 0.579. The molecule has 0 unspecified atom stereocenters. The summed E-state index contributed by atoms with van der Waals surface area (Å²) >= 11 is 0. The van der Waals surface area contributed by atoms with E-state index in [-0.39, 0.29) is 46.8 Å². The zero-order valence-electron chi connectivity index (χ0n) is 30.6. The SMILES string of the molecule is CC1(C)CC(c2ccccc2C(=O)O)CC(C)(C)N1O.CC1(C)CC(c2ccccc2C(=O)O)CC(C)(C)N1O.O=C(O)CCCCC(=O)O. The second-order valence-corrected chi connectivity index (χ2v) is 15.9. The summed E-state index contributed by atoms with van der Waals surface area (Å²) in [7, 11) is 0. The largest absolute Gasteiger partial charge is 0.481 e. The Bertz CT molecular complexity index is 1350. The van der Waals surface area contributed by atoms with E-state index in [1.807, 2.05) is 79.7 Å². The summed E-state index contributed by atoms with van der Waals surface area (Å²) in [5.74, 6) is -3.24. The second-order valence-electron chi connectivity index (χ2n) is 15.9. The third kappa shape index (κ3) is 11.3. The number of rotatable bonds is 9. The Morgan fingerprint density at radius 3 is 1.04 bits per heavy atom. The van der Waals surface area contributed by atoms with Gasteiger partial charge in [-0.25, -0.2) is 9.59 Å². The molecule has 2 fully saturated rings. The van der Waals surface area contributed by atoms with E-state index in [0.717, 1.165) is 36.8 Å². The van der Waals surface area contributed by atoms with Crippen LogP contribution < -0.4 is 0 Å². The Labute approximate surface area is 295 Å². The normalized spacial score (nSPS) is 20.0. The molecular weight excluding hydrogens is 644 g/mol. The van der Waals surface area contributed by atoms with Crippen LogP contribution in [0, 0.1) is 0 Å². The molecular formula is C38H56N2O10. The fourth-order valence-corrected chi connectivity index (χ4v) is 7.63. The molecule has 2 saturated heterocycles. The Morgan fingerprint density at radius 1 is 0.540 bits per heavy atom. The molecule has 6 N–H and O–H groups in total. The topological polar surface area (TPSA) is 196 Å². The van der Waals surface area contributed by atoms with Gasteiger partial charge in [0, 0.05) is 35.0 Å². The highest BCUT2D eigenvalue weighted by atomic mass is 16.5. The summed E-state index contributed by atoms with van der Waals surface area (Å²) in [4.78, 5) is 42.6. The minimum Gasteiger partial charge on any atom is -0.481 e. The molecule has 2 aliphatic rings. The van der Waals surface area contributed by atoms with Crippen LogP contribution >= 0.6 is 0 Å². The standard InChI is InChI=1S/2C16H23NO3.C6H10O4/c2*1-15(2)9-11(10-16(3,4)17(15)20)12-7-5-6-8-13(12)14(18)19;7-5(8)3-1-2-4-6(9)10/h2*5-8,11,20H,9-10H2,1-4H3,(H,18,19);1-4H2,(H,7,8)(H,9,10). The van der Waals surface area contributed by atoms with Crippen LogP contribution in [0.4, 0.5) is 0 Å². The molecule has 0 spiro atoms. The Morgan fingerprint density at radius 2 is 0.800 bits per heavy atom. The first-order valence-corrected chi connectivity index (χ1v) is 17.0. The number of hydrogen-bond donors (Lipinski definition) is 6. The van der Waals surface area contributed by atoms with Gasteiger partial charge in [0.2, 0.25) is 0 Å². The van der Waals surface area contributed by atoms with E-state index < -0.39 is 23.9 Å². The van der Waals surface area contributed by atoms with Gasteiger partial charge in [-0.1, -0.05) is 36.4 Å². The molecule has 0 bridgehead atoms. The summed E-state index contributed by atoms with van der Waals surface area (Å²) in [6.45, 7) is 15.9. The van der Waals surface area contributed by atoms with Crippen LogP contribution in [0.2, 0.25) is 0 Å². The van der Waals surface area contributed by atoms with Crippen molar-refractivity contribution in [3.05, 3.63) is 70.8 Å². The number of unbranched alkanes of at least 4 members (excludes halogenated alkanes) is 1. The first kappa shape index (κ1) is 42.3. The lowest BCUT2D eigenvalue weighted by molar-refractivity contribution is -0.245. The highest BCUT2D eigenvalue weighted by molar-refractivity contribution is 5.90. The van der Waals surface area contributed by atoms with Crippen molar-refractivity contribution < 1.29 is 50.0 Å². The van der Waals surface area contributed by atoms with Crippen LogP contribution in [-0.4, -0.2) is 87.0 Å². The molecule has 4 rings (SSSR count). The van der Waals surface area contributed by atoms with Gasteiger partial charge in [0.25, 0.3) is 0 Å². The number of aliphatic carboxylic acids is 2. The molecule has 0 aromatic heterocycles. The van der Waals surface area contributed by atoms with Crippen molar-refractivity contribution in [2.24, 2.45) is 0 Å². The predicted molar refractivity (Wildman–Crippen MR) is 188 cm³/mol. The van der Waals surface area contributed by atoms with Crippen molar-refractivity contribution >= 4 is 23.9 Å². The minimum absolute atomic E-state index is 0.0628. The zero-order valence-corrected chi connectivity index (χ0v) is 30.6. The highest BCUT2D eigenvalue weighted by Crippen LogP contribution is 2.46. The third-order valence-corrected chi connectivity index (χ3v) is 9.57. The number of carboxylic acids is 4. The molecule has 0 atom stereocenters. The lowest BCUT2D eigenvalue weighted by atomic mass is 9.72. The van der Waals surface area contributed by atoms with Gasteiger partial charge in [-0.05, 0) is 129 Å². The average molecular weight is 701 g/mol. The molecule has 0 saturated carbocycles. The van der Waals surface area contributed by atoms with E-state index >= 15 is 0 Å². The molecule has 2 aromatic rings. The number of nitrogens with zero attached hydrogens (tertiary/aromatic N) is 2. The van der Waals surface area contributed by atoms with Crippen molar-refractivity contribution in [3.8, 4) is 0 Å². The van der Waals surface area contributed by atoms with E-state index in [9.17, 15) is 39.8 Å². The van der Waals surface area contributed by atoms with Crippen LogP contribution in [0.15, 0.2) is 48.5 Å². The lowest BCUT2D eigenvalue weighted by Crippen LogP contribution is -2.58. The van der Waals surface area contributed by atoms with Crippen molar-refractivity contribution in [3.63, 3.8) is 0 Å². The number of piperidine rings is 2. The monoisotopic (exact) mass is 700 g/mol. The number of carbonyl (C=O) groups is 4. The molecule has 0 aliphatic carbocycles. The number of benzene rings is 2. The van der Waals surface area contributed by atoms with Crippen LogP contribution in [0.25, 0.3) is 0 Å². The van der Waals surface area contributed by atoms with Crippen LogP contribution in [0.3, 0.4) is 0 Å². The second kappa shape index (κ2) is 16.9. The minimum atomic E-state index is -0.886. The van der Waals surface area contributed by atoms with Gasteiger partial charge in [-0.15, -0.1) is 0 Å². The quantitative estimate of drug-likeness (QED) is 0.139. The first-order chi connectivity index (χ1) is 22.9. The molecule has 2 aromatic carbocycles. The molecule has 2 aliphatic heterocycles. The zero-order chi connectivity index (χ0) is 38.2. The van der Waals surface area contributed by atoms with Crippen molar-refractivity contribution in [2.45, 2.75) is 141 Å². The molecule has 12 heteroatoms. The first-order valence-electron chi connectivity index (χ1n) is 17.0. The molecule has 2 heterocycles. The number of aromatic carboxylic acids is 2. The van der Waals surface area contributed by atoms with Crippen molar-refractivity contribution in [1.82, 2.24) is 10.1 Å². The molecule has 0 radical (unpaired) electrons. The predicted octanol–water partition coefficient (Wildman–Crippen LogP) is 7.74. The van der Waals surface area contributed by atoms with Gasteiger partial charge in [0.1, 0.15) is 0 Å². The molecule has 12 nitrogen and oxygen atoms in total. The Hall–Kier alpha value is -3.84. The van der Waals surface area contributed by atoms with Gasteiger partial charge < -0.3 is 30.8 Å². The summed E-state index contributed by atoms with van der Waals surface area (Å²) < 4.78 is 0. The van der Waals surface area contributed by atoms with Crippen molar-refractivity contribution in [2.75, 3.05) is 0 Å². The van der Waals surface area contributed by atoms with Gasteiger partial charge in [-0.2, -0.15) is 10.1 Å². The maximum Gasteiger partial charge on any atom is 0.335 e. The third-order valence-electron chi connectivity index (χ3n) is 9.57. The van der Waals surface area contributed by atoms with E-state index in [1.54, 1.807) is 24.3 Å². The summed E-state index contributed by atoms with van der Waals surface area (Å²) in [5, 5.41) is 58.4. The maximum atomic E-state index is 11.4. The van der Waals surface area contributed by atoms with Crippen molar-refractivity contribution in [1.29, 1.82) is 0 Å². The van der Waals surface area contributed by atoms with Crippen LogP contribution in [0.5, 0.6) is 0 Å². The Balaban J connectivity index is 0.000000276. The van der Waals surface area contributed by atoms with Crippen LogP contribution in [0.1, 0.15) is 150 Å². The molecule has 278 valence electrons. The van der Waals surface area contributed by atoms with Gasteiger partial charge >= 0.3 is 23.9 Å². The molecule has 50 heavy (non-hydrogen) atoms. The smallest absolute Gasteiger partial charge is 0.335 e. The average Bonchev–Trinajstić information content (AvgIpc) is 3.00. The van der Waals surface area contributed by atoms with Crippen LogP contribution in [-0.2, 0) is 9.59 Å². The Kier molecular flexibility index (Phi) is 14.3. The summed E-state index contributed by atoms with van der Waals surface area (Å²) in [6.07, 6.45) is 3.95. The van der Waals surface area contributed by atoms with E-state index in [2.05, 4.69) is 0 Å².